The molecular formula is C22H15N3OS2. The van der Waals surface area contributed by atoms with Crippen LogP contribution in [0.2, 0.25) is 0 Å². The number of hydrogen-bond acceptors (Lipinski definition) is 6. The molecule has 0 N–H and O–H groups in total. The molecule has 0 bridgehead atoms. The van der Waals surface area contributed by atoms with Crippen LogP contribution in [0.4, 0.5) is 0 Å². The van der Waals surface area contributed by atoms with Crippen molar-refractivity contribution in [2.75, 3.05) is 0 Å². The van der Waals surface area contributed by atoms with Crippen molar-refractivity contribution in [1.82, 2.24) is 15.0 Å². The quantitative estimate of drug-likeness (QED) is 0.255. The highest BCUT2D eigenvalue weighted by molar-refractivity contribution is 7.98. The molecule has 0 aliphatic rings. The first-order valence-electron chi connectivity index (χ1n) is 8.80. The number of thiophene rings is 1. The Morgan fingerprint density at radius 2 is 1.61 bits per heavy atom. The summed E-state index contributed by atoms with van der Waals surface area (Å²) in [4.78, 5) is 15.5. The fourth-order valence-corrected chi connectivity index (χ4v) is 4.83. The van der Waals surface area contributed by atoms with Crippen molar-refractivity contribution in [3.63, 3.8) is 0 Å². The molecule has 0 unspecified atom stereocenters. The first-order chi connectivity index (χ1) is 13.9. The Hall–Kier alpha value is -2.96. The average molecular weight is 402 g/mol. The molecule has 136 valence electrons. The van der Waals surface area contributed by atoms with Crippen molar-refractivity contribution in [2.24, 2.45) is 0 Å². The summed E-state index contributed by atoms with van der Waals surface area (Å²) in [5, 5.41) is 2.02. The molecule has 6 heteroatoms. The van der Waals surface area contributed by atoms with Crippen LogP contribution in [0.3, 0.4) is 0 Å². The Morgan fingerprint density at radius 1 is 0.857 bits per heavy atom. The second kappa shape index (κ2) is 7.58. The van der Waals surface area contributed by atoms with E-state index in [9.17, 15) is 0 Å². The van der Waals surface area contributed by atoms with Crippen LogP contribution in [0.25, 0.3) is 32.0 Å². The number of thioether (sulfide) groups is 1. The summed E-state index contributed by atoms with van der Waals surface area (Å²) in [7, 11) is 0. The van der Waals surface area contributed by atoms with E-state index in [0.717, 1.165) is 26.6 Å². The predicted octanol–water partition coefficient (Wildman–Crippen LogP) is 6.31. The zero-order chi connectivity index (χ0) is 18.8. The lowest BCUT2D eigenvalue weighted by Gasteiger charge is -1.99. The summed E-state index contributed by atoms with van der Waals surface area (Å²) in [6.45, 7) is 0. The van der Waals surface area contributed by atoms with Gasteiger partial charge in [0.2, 0.25) is 5.89 Å². The summed E-state index contributed by atoms with van der Waals surface area (Å²) >= 11 is 3.30. The Bertz CT molecular complexity index is 1220. The second-order valence-corrected chi connectivity index (χ2v) is 8.14. The predicted molar refractivity (Wildman–Crippen MR) is 114 cm³/mol. The van der Waals surface area contributed by atoms with E-state index in [4.69, 9.17) is 4.42 Å². The zero-order valence-corrected chi connectivity index (χ0v) is 16.4. The van der Waals surface area contributed by atoms with Crippen LogP contribution in [0.15, 0.2) is 88.7 Å². The van der Waals surface area contributed by atoms with Crippen LogP contribution in [-0.2, 0) is 5.75 Å². The van der Waals surface area contributed by atoms with E-state index in [1.165, 1.54) is 10.4 Å². The number of nitrogens with zero attached hydrogens (tertiary/aromatic N) is 3. The molecule has 3 heterocycles. The molecule has 0 radical (unpaired) electrons. The highest BCUT2D eigenvalue weighted by atomic mass is 32.2. The molecular weight excluding hydrogens is 386 g/mol. The molecule has 28 heavy (non-hydrogen) atoms. The third-order valence-electron chi connectivity index (χ3n) is 4.30. The standard InChI is InChI=1S/C22H15N3OS2/c1-3-7-15(8-4-1)18-12-23-20(26-18)13-27-21-17-11-19(16-9-5-2-6-10-16)28-22(17)25-14-24-21/h1-12,14H,13H2. The molecule has 0 saturated carbocycles. The number of oxazole rings is 1. The first-order valence-corrected chi connectivity index (χ1v) is 10.6. The minimum Gasteiger partial charge on any atom is -0.440 e. The van der Waals surface area contributed by atoms with Crippen molar-refractivity contribution >= 4 is 33.3 Å². The van der Waals surface area contributed by atoms with E-state index in [2.05, 4.69) is 33.2 Å². The molecule has 0 amide bonds. The van der Waals surface area contributed by atoms with Gasteiger partial charge in [-0.25, -0.2) is 15.0 Å². The average Bonchev–Trinajstić information content (AvgIpc) is 3.41. The molecule has 5 aromatic rings. The summed E-state index contributed by atoms with van der Waals surface area (Å²) in [5.74, 6) is 2.09. The summed E-state index contributed by atoms with van der Waals surface area (Å²) in [6.07, 6.45) is 3.40. The molecule has 0 saturated heterocycles. The van der Waals surface area contributed by atoms with Gasteiger partial charge in [0, 0.05) is 15.8 Å². The number of fused-ring (bicyclic) bond motifs is 1. The van der Waals surface area contributed by atoms with E-state index in [0.29, 0.717) is 11.6 Å². The Morgan fingerprint density at radius 3 is 2.39 bits per heavy atom. The van der Waals surface area contributed by atoms with Crippen LogP contribution >= 0.6 is 23.1 Å². The zero-order valence-electron chi connectivity index (χ0n) is 14.8. The van der Waals surface area contributed by atoms with Gasteiger partial charge in [0.15, 0.2) is 5.76 Å². The summed E-state index contributed by atoms with van der Waals surface area (Å²) < 4.78 is 5.91. The SMILES string of the molecule is c1ccc(-c2cnc(CSc3ncnc4sc(-c5ccccc5)cc34)o2)cc1. The molecule has 0 fully saturated rings. The Balaban J connectivity index is 1.39. The Labute approximate surface area is 170 Å². The van der Waals surface area contributed by atoms with Gasteiger partial charge in [-0.05, 0) is 11.6 Å². The highest BCUT2D eigenvalue weighted by Crippen LogP contribution is 2.37. The number of rotatable bonds is 5. The molecule has 0 atom stereocenters. The fraction of sp³-hybridized carbons (Fsp3) is 0.0455. The van der Waals surface area contributed by atoms with Gasteiger partial charge in [0.25, 0.3) is 0 Å². The molecule has 0 aliphatic carbocycles. The van der Waals surface area contributed by atoms with Crippen molar-refractivity contribution < 1.29 is 4.42 Å². The van der Waals surface area contributed by atoms with Crippen LogP contribution < -0.4 is 0 Å². The van der Waals surface area contributed by atoms with E-state index < -0.39 is 0 Å². The maximum absolute atomic E-state index is 5.91. The smallest absolute Gasteiger partial charge is 0.205 e. The fourth-order valence-electron chi connectivity index (χ4n) is 2.94. The maximum atomic E-state index is 5.91. The third kappa shape index (κ3) is 3.44. The summed E-state index contributed by atoms with van der Waals surface area (Å²) in [6, 6.07) is 22.5. The molecule has 5 rings (SSSR count). The second-order valence-electron chi connectivity index (χ2n) is 6.15. The van der Waals surface area contributed by atoms with E-state index >= 15 is 0 Å². The van der Waals surface area contributed by atoms with E-state index in [1.54, 1.807) is 35.6 Å². The van der Waals surface area contributed by atoms with Gasteiger partial charge >= 0.3 is 0 Å². The van der Waals surface area contributed by atoms with E-state index in [1.807, 2.05) is 48.5 Å². The number of benzene rings is 2. The minimum atomic E-state index is 0.620. The van der Waals surface area contributed by atoms with Gasteiger partial charge in [-0.15, -0.1) is 11.3 Å². The lowest BCUT2D eigenvalue weighted by Crippen LogP contribution is -1.85. The lowest BCUT2D eigenvalue weighted by atomic mass is 10.2. The Kier molecular flexibility index (Phi) is 4.64. The largest absolute Gasteiger partial charge is 0.440 e. The van der Waals surface area contributed by atoms with Gasteiger partial charge in [-0.2, -0.15) is 0 Å². The van der Waals surface area contributed by atoms with Gasteiger partial charge in [0.05, 0.1) is 11.9 Å². The number of aromatic nitrogens is 3. The van der Waals surface area contributed by atoms with E-state index in [-0.39, 0.29) is 0 Å². The number of hydrogen-bond donors (Lipinski definition) is 0. The van der Waals surface area contributed by atoms with Crippen molar-refractivity contribution in [1.29, 1.82) is 0 Å². The van der Waals surface area contributed by atoms with Gasteiger partial charge in [-0.1, -0.05) is 72.4 Å². The first kappa shape index (κ1) is 17.2. The van der Waals surface area contributed by atoms with Crippen LogP contribution in [0.5, 0.6) is 0 Å². The lowest BCUT2D eigenvalue weighted by molar-refractivity contribution is 0.530. The maximum Gasteiger partial charge on any atom is 0.205 e. The topological polar surface area (TPSA) is 51.8 Å². The molecule has 0 aliphatic heterocycles. The normalized spacial score (nSPS) is 11.1. The molecule has 4 nitrogen and oxygen atoms in total. The van der Waals surface area contributed by atoms with Crippen LogP contribution in [-0.4, -0.2) is 15.0 Å². The van der Waals surface area contributed by atoms with Crippen molar-refractivity contribution in [2.45, 2.75) is 10.8 Å². The highest BCUT2D eigenvalue weighted by Gasteiger charge is 2.12. The summed E-state index contributed by atoms with van der Waals surface area (Å²) in [5.41, 5.74) is 2.22. The van der Waals surface area contributed by atoms with Crippen LogP contribution in [0.1, 0.15) is 5.89 Å². The van der Waals surface area contributed by atoms with Gasteiger partial charge < -0.3 is 4.42 Å². The molecule has 3 aromatic heterocycles. The van der Waals surface area contributed by atoms with Gasteiger partial charge in [0.1, 0.15) is 16.2 Å². The molecule has 0 spiro atoms. The van der Waals surface area contributed by atoms with Crippen molar-refractivity contribution in [3.05, 3.63) is 85.1 Å². The minimum absolute atomic E-state index is 0.620. The van der Waals surface area contributed by atoms with Crippen molar-refractivity contribution in [3.8, 4) is 21.8 Å². The molecule has 2 aromatic carbocycles. The monoisotopic (exact) mass is 401 g/mol. The van der Waals surface area contributed by atoms with Crippen LogP contribution in [0, 0.1) is 0 Å². The van der Waals surface area contributed by atoms with Gasteiger partial charge in [-0.3, -0.25) is 0 Å². The third-order valence-corrected chi connectivity index (χ3v) is 6.38.